The third-order valence-corrected chi connectivity index (χ3v) is 6.86. The zero-order valence-electron chi connectivity index (χ0n) is 17.8. The number of nitrogens with zero attached hydrogens (tertiary/aromatic N) is 5. The van der Waals surface area contributed by atoms with Gasteiger partial charge < -0.3 is 9.64 Å². The Morgan fingerprint density at radius 3 is 2.59 bits per heavy atom. The molecule has 0 bridgehead atoms. The average Bonchev–Trinajstić information content (AvgIpc) is 3.00. The Labute approximate surface area is 179 Å². The van der Waals surface area contributed by atoms with Crippen molar-refractivity contribution in [3.8, 4) is 5.75 Å². The number of para-hydroxylation sites is 2. The van der Waals surface area contributed by atoms with E-state index in [1.54, 1.807) is 11.8 Å². The van der Waals surface area contributed by atoms with Crippen LogP contribution in [0.5, 0.6) is 5.75 Å². The first-order valence-corrected chi connectivity index (χ1v) is 11.0. The van der Waals surface area contributed by atoms with Crippen molar-refractivity contribution in [2.75, 3.05) is 51.3 Å². The summed E-state index contributed by atoms with van der Waals surface area (Å²) in [6.45, 7) is 9.50. The average molecular weight is 418 g/mol. The van der Waals surface area contributed by atoms with Crippen LogP contribution in [0.3, 0.4) is 0 Å². The van der Waals surface area contributed by atoms with E-state index in [1.165, 1.54) is 24.1 Å². The van der Waals surface area contributed by atoms with Crippen LogP contribution in [0.1, 0.15) is 24.1 Å². The topological polar surface area (TPSA) is 36.8 Å². The van der Waals surface area contributed by atoms with Crippen molar-refractivity contribution in [2.24, 2.45) is 7.05 Å². The first kappa shape index (κ1) is 20.5. The lowest BCUT2D eigenvalue weighted by Crippen LogP contribution is -2.55. The van der Waals surface area contributed by atoms with Gasteiger partial charge in [-0.05, 0) is 38.4 Å². The molecule has 0 spiro atoms. The Morgan fingerprint density at radius 1 is 1.14 bits per heavy atom. The standard InChI is InChI=1S/C22H32ClN5O/c1-17-19(22(23)25(2)24-17)16-26-10-6-7-18(15-26)27-11-13-28(14-12-27)20-8-4-5-9-21(20)29-3/h4-5,8-9,18H,6-7,10-16H2,1-3H3. The van der Waals surface area contributed by atoms with Crippen molar-refractivity contribution in [3.63, 3.8) is 0 Å². The number of ether oxygens (including phenoxy) is 1. The second kappa shape index (κ2) is 8.94. The molecule has 2 aliphatic rings. The van der Waals surface area contributed by atoms with Crippen LogP contribution in [-0.4, -0.2) is 72.0 Å². The monoisotopic (exact) mass is 417 g/mol. The second-order valence-electron chi connectivity index (χ2n) is 8.20. The molecule has 0 aliphatic carbocycles. The van der Waals surface area contributed by atoms with Crippen LogP contribution in [0.15, 0.2) is 24.3 Å². The van der Waals surface area contributed by atoms with Gasteiger partial charge in [-0.25, -0.2) is 0 Å². The Balaban J connectivity index is 1.35. The Kier molecular flexibility index (Phi) is 6.32. The number of piperidine rings is 1. The van der Waals surface area contributed by atoms with Gasteiger partial charge in [0.1, 0.15) is 10.9 Å². The van der Waals surface area contributed by atoms with E-state index in [2.05, 4.69) is 38.9 Å². The molecular formula is C22H32ClN5O. The summed E-state index contributed by atoms with van der Waals surface area (Å²) in [6, 6.07) is 8.96. The molecule has 1 aromatic carbocycles. The van der Waals surface area contributed by atoms with E-state index in [4.69, 9.17) is 16.3 Å². The summed E-state index contributed by atoms with van der Waals surface area (Å²) in [5.74, 6) is 0.966. The van der Waals surface area contributed by atoms with Gasteiger partial charge in [-0.15, -0.1) is 0 Å². The van der Waals surface area contributed by atoms with Gasteiger partial charge in [-0.1, -0.05) is 23.7 Å². The third-order valence-electron chi connectivity index (χ3n) is 6.39. The summed E-state index contributed by atoms with van der Waals surface area (Å²) in [7, 11) is 3.67. The second-order valence-corrected chi connectivity index (χ2v) is 8.56. The molecule has 29 heavy (non-hydrogen) atoms. The SMILES string of the molecule is COc1ccccc1N1CCN(C2CCCN(Cc3c(C)nn(C)c3Cl)C2)CC1. The molecule has 2 aromatic rings. The normalized spacial score (nSPS) is 21.5. The molecule has 1 aromatic heterocycles. The van der Waals surface area contributed by atoms with Gasteiger partial charge in [-0.3, -0.25) is 14.5 Å². The Bertz CT molecular complexity index is 831. The summed E-state index contributed by atoms with van der Waals surface area (Å²) in [5, 5.41) is 5.24. The predicted octanol–water partition coefficient (Wildman–Crippen LogP) is 3.18. The quantitative estimate of drug-likeness (QED) is 0.746. The summed E-state index contributed by atoms with van der Waals surface area (Å²) in [4.78, 5) is 7.68. The van der Waals surface area contributed by atoms with Crippen LogP contribution >= 0.6 is 11.6 Å². The van der Waals surface area contributed by atoms with Gasteiger partial charge in [0.05, 0.1) is 18.5 Å². The number of halogens is 1. The number of rotatable bonds is 5. The molecule has 0 amide bonds. The molecule has 0 N–H and O–H groups in total. The van der Waals surface area contributed by atoms with Gasteiger partial charge in [0, 0.05) is 57.9 Å². The van der Waals surface area contributed by atoms with Crippen LogP contribution in [-0.2, 0) is 13.6 Å². The lowest BCUT2D eigenvalue weighted by Gasteiger charge is -2.44. The highest BCUT2D eigenvalue weighted by atomic mass is 35.5. The number of anilines is 1. The van der Waals surface area contributed by atoms with Crippen molar-refractivity contribution >= 4 is 17.3 Å². The van der Waals surface area contributed by atoms with Crippen molar-refractivity contribution in [1.82, 2.24) is 19.6 Å². The highest BCUT2D eigenvalue weighted by Crippen LogP contribution is 2.29. The fourth-order valence-electron chi connectivity index (χ4n) is 4.77. The van der Waals surface area contributed by atoms with Crippen molar-refractivity contribution in [3.05, 3.63) is 40.7 Å². The lowest BCUT2D eigenvalue weighted by atomic mass is 10.0. The molecule has 6 nitrogen and oxygen atoms in total. The van der Waals surface area contributed by atoms with E-state index in [9.17, 15) is 0 Å². The number of benzene rings is 1. The Hall–Kier alpha value is -1.76. The molecule has 0 saturated carbocycles. The molecule has 1 atom stereocenters. The summed E-state index contributed by atoms with van der Waals surface area (Å²) < 4.78 is 7.34. The van der Waals surface area contributed by atoms with E-state index in [0.717, 1.165) is 62.4 Å². The van der Waals surface area contributed by atoms with Crippen molar-refractivity contribution < 1.29 is 4.74 Å². The zero-order valence-corrected chi connectivity index (χ0v) is 18.5. The first-order valence-electron chi connectivity index (χ1n) is 10.6. The highest BCUT2D eigenvalue weighted by molar-refractivity contribution is 6.30. The maximum absolute atomic E-state index is 6.46. The lowest BCUT2D eigenvalue weighted by molar-refractivity contribution is 0.0886. The molecule has 2 saturated heterocycles. The largest absolute Gasteiger partial charge is 0.495 e. The molecule has 2 fully saturated rings. The first-order chi connectivity index (χ1) is 14.1. The zero-order chi connectivity index (χ0) is 20.4. The van der Waals surface area contributed by atoms with E-state index in [1.807, 2.05) is 19.2 Å². The van der Waals surface area contributed by atoms with Gasteiger partial charge in [0.2, 0.25) is 0 Å². The van der Waals surface area contributed by atoms with Crippen LogP contribution in [0.2, 0.25) is 5.15 Å². The molecule has 158 valence electrons. The molecular weight excluding hydrogens is 386 g/mol. The summed E-state index contributed by atoms with van der Waals surface area (Å²) in [5.41, 5.74) is 3.43. The van der Waals surface area contributed by atoms with Gasteiger partial charge in [0.25, 0.3) is 0 Å². The van der Waals surface area contributed by atoms with E-state index >= 15 is 0 Å². The van der Waals surface area contributed by atoms with Crippen LogP contribution in [0, 0.1) is 6.92 Å². The molecule has 7 heteroatoms. The third kappa shape index (κ3) is 4.39. The molecule has 4 rings (SSSR count). The maximum atomic E-state index is 6.46. The minimum atomic E-state index is 0.624. The number of aromatic nitrogens is 2. The van der Waals surface area contributed by atoms with E-state index < -0.39 is 0 Å². The van der Waals surface area contributed by atoms with Crippen molar-refractivity contribution in [2.45, 2.75) is 32.4 Å². The Morgan fingerprint density at radius 2 is 1.90 bits per heavy atom. The van der Waals surface area contributed by atoms with Crippen LogP contribution in [0.25, 0.3) is 0 Å². The minimum Gasteiger partial charge on any atom is -0.495 e. The van der Waals surface area contributed by atoms with Gasteiger partial charge in [0.15, 0.2) is 0 Å². The smallest absolute Gasteiger partial charge is 0.142 e. The fraction of sp³-hybridized carbons (Fsp3) is 0.591. The highest BCUT2D eigenvalue weighted by Gasteiger charge is 2.29. The van der Waals surface area contributed by atoms with Gasteiger partial charge in [-0.2, -0.15) is 5.10 Å². The summed E-state index contributed by atoms with van der Waals surface area (Å²) in [6.07, 6.45) is 2.53. The molecule has 0 radical (unpaired) electrons. The number of methoxy groups -OCH3 is 1. The fourth-order valence-corrected chi connectivity index (χ4v) is 5.00. The molecule has 1 unspecified atom stereocenters. The maximum Gasteiger partial charge on any atom is 0.142 e. The predicted molar refractivity (Wildman–Crippen MR) is 118 cm³/mol. The van der Waals surface area contributed by atoms with Crippen molar-refractivity contribution in [1.29, 1.82) is 0 Å². The number of hydrogen-bond acceptors (Lipinski definition) is 5. The molecule has 2 aliphatic heterocycles. The van der Waals surface area contributed by atoms with Crippen LogP contribution in [0.4, 0.5) is 5.69 Å². The summed E-state index contributed by atoms with van der Waals surface area (Å²) >= 11 is 6.46. The van der Waals surface area contributed by atoms with E-state index in [-0.39, 0.29) is 0 Å². The van der Waals surface area contributed by atoms with Gasteiger partial charge >= 0.3 is 0 Å². The molecule has 3 heterocycles. The van der Waals surface area contributed by atoms with Crippen LogP contribution < -0.4 is 9.64 Å². The number of aryl methyl sites for hydroxylation is 2. The number of piperazine rings is 1. The number of likely N-dealkylation sites (tertiary alicyclic amines) is 1. The van der Waals surface area contributed by atoms with E-state index in [0.29, 0.717) is 6.04 Å². The minimum absolute atomic E-state index is 0.624. The number of hydrogen-bond donors (Lipinski definition) is 0.